The van der Waals surface area contributed by atoms with Gasteiger partial charge in [-0.05, 0) is 72.9 Å². The van der Waals surface area contributed by atoms with Gasteiger partial charge in [-0.15, -0.1) is 0 Å². The molecule has 0 aliphatic rings. The third-order valence-electron chi connectivity index (χ3n) is 5.56. The summed E-state index contributed by atoms with van der Waals surface area (Å²) in [6, 6.07) is 20.6. The van der Waals surface area contributed by atoms with Crippen molar-refractivity contribution in [1.82, 2.24) is 5.32 Å². The second-order valence-electron chi connectivity index (χ2n) is 8.36. The maximum Gasteiger partial charge on any atom is 0.251 e. The molecule has 6 nitrogen and oxygen atoms in total. The zero-order valence-electron chi connectivity index (χ0n) is 20.2. The molecule has 180 valence electrons. The topological polar surface area (TPSA) is 75.7 Å². The first-order valence-electron chi connectivity index (χ1n) is 11.3. The predicted molar refractivity (Wildman–Crippen MR) is 137 cm³/mol. The molecule has 0 saturated carbocycles. The van der Waals surface area contributed by atoms with Gasteiger partial charge in [0.1, 0.15) is 12.4 Å². The number of hydrogen-bond acceptors (Lipinski definition) is 4. The SMILES string of the molecule is CCc1ccc(OCCNC(=O)c2ccc(CN(c3cc(C)ccc3C)S(C)(=O)=O)cc2)cc1. The Morgan fingerprint density at radius 2 is 1.59 bits per heavy atom. The van der Waals surface area contributed by atoms with Crippen molar-refractivity contribution in [3.8, 4) is 5.75 Å². The Morgan fingerprint density at radius 1 is 0.941 bits per heavy atom. The Kier molecular flexibility index (Phi) is 8.34. The number of carbonyl (C=O) groups is 1. The fourth-order valence-electron chi connectivity index (χ4n) is 3.55. The van der Waals surface area contributed by atoms with Crippen molar-refractivity contribution in [1.29, 1.82) is 0 Å². The van der Waals surface area contributed by atoms with Crippen LogP contribution in [0.2, 0.25) is 0 Å². The maximum absolute atomic E-state index is 12.5. The summed E-state index contributed by atoms with van der Waals surface area (Å²) in [6.07, 6.45) is 2.18. The number of rotatable bonds is 10. The minimum Gasteiger partial charge on any atom is -0.492 e. The van der Waals surface area contributed by atoms with Crippen LogP contribution in [0, 0.1) is 13.8 Å². The minimum absolute atomic E-state index is 0.190. The molecule has 0 aliphatic carbocycles. The van der Waals surface area contributed by atoms with Gasteiger partial charge in [0, 0.05) is 5.56 Å². The van der Waals surface area contributed by atoms with Crippen molar-refractivity contribution >= 4 is 21.6 Å². The minimum atomic E-state index is -3.48. The highest BCUT2D eigenvalue weighted by atomic mass is 32.2. The smallest absolute Gasteiger partial charge is 0.251 e. The quantitative estimate of drug-likeness (QED) is 0.429. The Hall–Kier alpha value is -3.32. The highest BCUT2D eigenvalue weighted by Gasteiger charge is 2.20. The lowest BCUT2D eigenvalue weighted by atomic mass is 10.1. The predicted octanol–water partition coefficient (Wildman–Crippen LogP) is 4.64. The average Bonchev–Trinajstić information content (AvgIpc) is 2.82. The van der Waals surface area contributed by atoms with Gasteiger partial charge in [0.25, 0.3) is 5.91 Å². The first-order chi connectivity index (χ1) is 16.2. The molecule has 0 bridgehead atoms. The van der Waals surface area contributed by atoms with E-state index in [1.807, 2.05) is 56.3 Å². The van der Waals surface area contributed by atoms with Crippen LogP contribution in [0.25, 0.3) is 0 Å². The highest BCUT2D eigenvalue weighted by Crippen LogP contribution is 2.26. The van der Waals surface area contributed by atoms with E-state index in [9.17, 15) is 13.2 Å². The molecule has 1 N–H and O–H groups in total. The first-order valence-corrected chi connectivity index (χ1v) is 13.2. The van der Waals surface area contributed by atoms with Gasteiger partial charge in [0.05, 0.1) is 25.0 Å². The van der Waals surface area contributed by atoms with Crippen LogP contribution >= 0.6 is 0 Å². The van der Waals surface area contributed by atoms with E-state index in [1.165, 1.54) is 16.1 Å². The van der Waals surface area contributed by atoms with E-state index in [4.69, 9.17) is 4.74 Å². The lowest BCUT2D eigenvalue weighted by molar-refractivity contribution is 0.0947. The van der Waals surface area contributed by atoms with E-state index >= 15 is 0 Å². The molecule has 0 atom stereocenters. The van der Waals surface area contributed by atoms with E-state index in [2.05, 4.69) is 12.2 Å². The van der Waals surface area contributed by atoms with E-state index in [0.717, 1.165) is 28.9 Å². The van der Waals surface area contributed by atoms with Crippen molar-refractivity contribution in [2.45, 2.75) is 33.7 Å². The fraction of sp³-hybridized carbons (Fsp3) is 0.296. The number of hydrogen-bond donors (Lipinski definition) is 1. The van der Waals surface area contributed by atoms with E-state index < -0.39 is 10.0 Å². The lowest BCUT2D eigenvalue weighted by Crippen LogP contribution is -2.30. The summed E-state index contributed by atoms with van der Waals surface area (Å²) in [5.41, 5.74) is 5.08. The van der Waals surface area contributed by atoms with Gasteiger partial charge >= 0.3 is 0 Å². The summed E-state index contributed by atoms with van der Waals surface area (Å²) in [6.45, 7) is 6.87. The normalized spacial score (nSPS) is 11.2. The van der Waals surface area contributed by atoms with Crippen LogP contribution in [0.4, 0.5) is 5.69 Å². The van der Waals surface area contributed by atoms with Crippen LogP contribution in [-0.2, 0) is 23.0 Å². The molecule has 0 spiro atoms. The van der Waals surface area contributed by atoms with Crippen molar-refractivity contribution in [2.75, 3.05) is 23.7 Å². The van der Waals surface area contributed by atoms with E-state index in [-0.39, 0.29) is 12.5 Å². The van der Waals surface area contributed by atoms with Crippen molar-refractivity contribution < 1.29 is 17.9 Å². The summed E-state index contributed by atoms with van der Waals surface area (Å²) in [4.78, 5) is 12.5. The molecule has 7 heteroatoms. The summed E-state index contributed by atoms with van der Waals surface area (Å²) in [5, 5.41) is 2.85. The number of sulfonamides is 1. The highest BCUT2D eigenvalue weighted by molar-refractivity contribution is 7.92. The van der Waals surface area contributed by atoms with E-state index in [1.54, 1.807) is 24.3 Å². The van der Waals surface area contributed by atoms with Crippen LogP contribution in [0.5, 0.6) is 5.75 Å². The van der Waals surface area contributed by atoms with Crippen molar-refractivity contribution in [3.63, 3.8) is 0 Å². The Bertz CT molecular complexity index is 1220. The summed E-state index contributed by atoms with van der Waals surface area (Å²) in [7, 11) is -3.48. The number of amides is 1. The van der Waals surface area contributed by atoms with Gasteiger partial charge in [0.2, 0.25) is 10.0 Å². The second-order valence-corrected chi connectivity index (χ2v) is 10.3. The standard InChI is InChI=1S/C27H32N2O4S/c1-5-22-10-14-25(15-11-22)33-17-16-28-27(30)24-12-8-23(9-13-24)19-29(34(4,31)32)26-18-20(2)6-7-21(26)3/h6-15,18H,5,16-17,19H2,1-4H3,(H,28,30). The molecule has 3 aromatic carbocycles. The monoisotopic (exact) mass is 480 g/mol. The van der Waals surface area contributed by atoms with Crippen LogP contribution < -0.4 is 14.4 Å². The van der Waals surface area contributed by atoms with Crippen LogP contribution in [-0.4, -0.2) is 33.7 Å². The van der Waals surface area contributed by atoms with Gasteiger partial charge in [-0.2, -0.15) is 0 Å². The zero-order chi connectivity index (χ0) is 24.7. The molecule has 34 heavy (non-hydrogen) atoms. The molecular formula is C27H32N2O4S. The maximum atomic E-state index is 12.5. The van der Waals surface area contributed by atoms with Gasteiger partial charge < -0.3 is 10.1 Å². The third kappa shape index (κ3) is 6.84. The van der Waals surface area contributed by atoms with Gasteiger partial charge in [-0.3, -0.25) is 9.10 Å². The Labute approximate surface area is 202 Å². The van der Waals surface area contributed by atoms with Crippen LogP contribution in [0.1, 0.15) is 39.5 Å². The van der Waals surface area contributed by atoms with E-state index in [0.29, 0.717) is 24.4 Å². The fourth-order valence-corrected chi connectivity index (χ4v) is 4.49. The summed E-state index contributed by atoms with van der Waals surface area (Å²) >= 11 is 0. The van der Waals surface area contributed by atoms with Crippen LogP contribution in [0.15, 0.2) is 66.7 Å². The van der Waals surface area contributed by atoms with Gasteiger partial charge in [0.15, 0.2) is 0 Å². The number of ether oxygens (including phenoxy) is 1. The third-order valence-corrected chi connectivity index (χ3v) is 6.69. The van der Waals surface area contributed by atoms with Gasteiger partial charge in [-0.25, -0.2) is 8.42 Å². The molecule has 0 aromatic heterocycles. The number of benzene rings is 3. The molecule has 1 amide bonds. The molecule has 0 heterocycles. The molecule has 3 rings (SSSR count). The molecular weight excluding hydrogens is 448 g/mol. The molecule has 0 unspecified atom stereocenters. The number of nitrogens with zero attached hydrogens (tertiary/aromatic N) is 1. The Morgan fingerprint density at radius 3 is 2.21 bits per heavy atom. The van der Waals surface area contributed by atoms with Crippen molar-refractivity contribution in [2.24, 2.45) is 0 Å². The number of anilines is 1. The largest absolute Gasteiger partial charge is 0.492 e. The molecule has 0 aliphatic heterocycles. The number of nitrogens with one attached hydrogen (secondary N) is 1. The number of carbonyl (C=O) groups excluding carboxylic acids is 1. The summed E-state index contributed by atoms with van der Waals surface area (Å²) < 4.78 is 32.1. The van der Waals surface area contributed by atoms with Gasteiger partial charge in [-0.1, -0.05) is 43.3 Å². The first kappa shape index (κ1) is 25.3. The van der Waals surface area contributed by atoms with Crippen LogP contribution in [0.3, 0.4) is 0 Å². The summed E-state index contributed by atoms with van der Waals surface area (Å²) in [5.74, 6) is 0.570. The number of aryl methyl sites for hydroxylation is 3. The molecule has 3 aromatic rings. The molecule has 0 radical (unpaired) electrons. The zero-order valence-corrected chi connectivity index (χ0v) is 21.0. The lowest BCUT2D eigenvalue weighted by Gasteiger charge is -2.25. The molecule has 0 fully saturated rings. The Balaban J connectivity index is 1.58. The second kappa shape index (κ2) is 11.2. The molecule has 0 saturated heterocycles. The average molecular weight is 481 g/mol. The van der Waals surface area contributed by atoms with Crippen molar-refractivity contribution in [3.05, 3.63) is 94.5 Å².